The third kappa shape index (κ3) is 3.35. The molecule has 0 unspecified atom stereocenters. The summed E-state index contributed by atoms with van der Waals surface area (Å²) in [7, 11) is 0. The van der Waals surface area contributed by atoms with Crippen LogP contribution in [0.5, 0.6) is 0 Å². The number of unbranched alkanes of at least 4 members (excludes halogenated alkanes) is 1. The van der Waals surface area contributed by atoms with Crippen LogP contribution in [-0.2, 0) is 10.2 Å². The number of allylic oxidation sites excluding steroid dienone is 1. The molecule has 1 aromatic carbocycles. The van der Waals surface area contributed by atoms with E-state index < -0.39 is 0 Å². The van der Waals surface area contributed by atoms with Gasteiger partial charge in [-0.2, -0.15) is 0 Å². The van der Waals surface area contributed by atoms with Gasteiger partial charge in [-0.25, -0.2) is 0 Å². The Morgan fingerprint density at radius 1 is 1.39 bits per heavy atom. The summed E-state index contributed by atoms with van der Waals surface area (Å²) in [5.74, 6) is 0.0729. The molecule has 124 valence electrons. The fraction of sp³-hybridized carbons (Fsp3) is 0.550. The number of likely N-dealkylation sites (tertiary alicyclic amines) is 1. The second kappa shape index (κ2) is 6.88. The average Bonchev–Trinajstić information content (AvgIpc) is 2.83. The zero-order chi connectivity index (χ0) is 16.3. The van der Waals surface area contributed by atoms with Crippen LogP contribution >= 0.6 is 0 Å². The molecule has 1 aliphatic carbocycles. The molecule has 1 atom stereocenters. The minimum atomic E-state index is 0.0729. The Hall–Kier alpha value is -1.61. The van der Waals surface area contributed by atoms with Crippen LogP contribution in [0.15, 0.2) is 36.9 Å². The second-order valence-corrected chi connectivity index (χ2v) is 7.10. The summed E-state index contributed by atoms with van der Waals surface area (Å²) in [5.41, 5.74) is 3.07. The fourth-order valence-electron chi connectivity index (χ4n) is 4.41. The maximum absolute atomic E-state index is 11.6. The van der Waals surface area contributed by atoms with Crippen LogP contribution in [0.2, 0.25) is 0 Å². The Balaban J connectivity index is 1.71. The summed E-state index contributed by atoms with van der Waals surface area (Å²) in [5, 5.41) is 3.16. The van der Waals surface area contributed by atoms with Crippen molar-refractivity contribution in [2.75, 3.05) is 19.6 Å². The van der Waals surface area contributed by atoms with Gasteiger partial charge in [-0.3, -0.25) is 4.79 Å². The predicted octanol–water partition coefficient (Wildman–Crippen LogP) is 3.57. The maximum atomic E-state index is 11.6. The number of piperidine rings is 1. The van der Waals surface area contributed by atoms with Crippen molar-refractivity contribution in [1.82, 2.24) is 10.2 Å². The lowest BCUT2D eigenvalue weighted by Crippen LogP contribution is -2.42. The van der Waals surface area contributed by atoms with E-state index in [1.54, 1.807) is 6.92 Å². The fourth-order valence-corrected chi connectivity index (χ4v) is 4.41. The highest BCUT2D eigenvalue weighted by Crippen LogP contribution is 2.50. The summed E-state index contributed by atoms with van der Waals surface area (Å²) in [4.78, 5) is 14.1. The number of rotatable bonds is 5. The Bertz CT molecular complexity index is 573. The van der Waals surface area contributed by atoms with Crippen LogP contribution in [0.1, 0.15) is 56.2 Å². The van der Waals surface area contributed by atoms with Gasteiger partial charge in [0, 0.05) is 12.3 Å². The molecule has 3 nitrogen and oxygen atoms in total. The quantitative estimate of drug-likeness (QED) is 0.666. The topological polar surface area (TPSA) is 32.3 Å². The third-order valence-electron chi connectivity index (χ3n) is 5.58. The lowest BCUT2D eigenvalue weighted by Gasteiger charge is -2.40. The van der Waals surface area contributed by atoms with E-state index in [1.807, 2.05) is 6.08 Å². The zero-order valence-electron chi connectivity index (χ0n) is 14.2. The van der Waals surface area contributed by atoms with E-state index >= 15 is 0 Å². The van der Waals surface area contributed by atoms with Crippen molar-refractivity contribution in [3.05, 3.63) is 48.0 Å². The molecule has 1 aromatic rings. The van der Waals surface area contributed by atoms with Crippen molar-refractivity contribution in [3.63, 3.8) is 0 Å². The maximum Gasteiger partial charge on any atom is 0.217 e. The summed E-state index contributed by atoms with van der Waals surface area (Å²) >= 11 is 0. The van der Waals surface area contributed by atoms with Crippen molar-refractivity contribution in [2.24, 2.45) is 0 Å². The van der Waals surface area contributed by atoms with Crippen molar-refractivity contribution >= 4 is 5.91 Å². The van der Waals surface area contributed by atoms with E-state index in [-0.39, 0.29) is 17.4 Å². The molecule has 0 aromatic heterocycles. The number of hydrogen-bond acceptors (Lipinski definition) is 2. The van der Waals surface area contributed by atoms with Crippen LogP contribution in [0, 0.1) is 0 Å². The van der Waals surface area contributed by atoms with E-state index in [9.17, 15) is 4.79 Å². The number of amides is 1. The van der Waals surface area contributed by atoms with E-state index in [1.165, 1.54) is 36.9 Å². The summed E-state index contributed by atoms with van der Waals surface area (Å²) in [6, 6.07) is 8.91. The predicted molar refractivity (Wildman–Crippen MR) is 94.4 cm³/mol. The van der Waals surface area contributed by atoms with Gasteiger partial charge in [-0.1, -0.05) is 30.3 Å². The molecule has 1 fully saturated rings. The van der Waals surface area contributed by atoms with E-state index in [0.29, 0.717) is 0 Å². The monoisotopic (exact) mass is 312 g/mol. The van der Waals surface area contributed by atoms with Gasteiger partial charge in [-0.15, -0.1) is 6.58 Å². The van der Waals surface area contributed by atoms with Crippen LogP contribution in [0.3, 0.4) is 0 Å². The number of nitrogens with one attached hydrogen (secondary N) is 1. The van der Waals surface area contributed by atoms with Crippen molar-refractivity contribution in [3.8, 4) is 0 Å². The highest BCUT2D eigenvalue weighted by atomic mass is 16.1. The van der Waals surface area contributed by atoms with Gasteiger partial charge in [0.05, 0.1) is 6.04 Å². The first kappa shape index (κ1) is 16.3. The smallest absolute Gasteiger partial charge is 0.217 e. The summed E-state index contributed by atoms with van der Waals surface area (Å²) < 4.78 is 0. The molecule has 1 heterocycles. The Morgan fingerprint density at radius 3 is 2.83 bits per heavy atom. The lowest BCUT2D eigenvalue weighted by atomic mass is 9.73. The molecule has 1 aliphatic heterocycles. The molecule has 23 heavy (non-hydrogen) atoms. The number of hydrogen-bond donors (Lipinski definition) is 1. The second-order valence-electron chi connectivity index (χ2n) is 7.10. The molecule has 3 rings (SSSR count). The molecule has 0 saturated carbocycles. The van der Waals surface area contributed by atoms with Crippen molar-refractivity contribution in [2.45, 2.75) is 50.5 Å². The number of fused-ring (bicyclic) bond motifs is 2. The first-order valence-electron chi connectivity index (χ1n) is 8.84. The van der Waals surface area contributed by atoms with Gasteiger partial charge in [-0.05, 0) is 62.9 Å². The zero-order valence-corrected chi connectivity index (χ0v) is 14.2. The van der Waals surface area contributed by atoms with Crippen molar-refractivity contribution < 1.29 is 4.79 Å². The normalized spacial score (nSPS) is 22.7. The lowest BCUT2D eigenvalue weighted by molar-refractivity contribution is -0.119. The molecule has 3 heteroatoms. The Kier molecular flexibility index (Phi) is 4.86. The van der Waals surface area contributed by atoms with Crippen LogP contribution < -0.4 is 5.32 Å². The summed E-state index contributed by atoms with van der Waals surface area (Å²) in [6.45, 7) is 8.94. The highest BCUT2D eigenvalue weighted by Gasteiger charge is 2.45. The SMILES string of the molecule is C=CCCCN1CCC2(CC1)C[C@H](NC(C)=O)c1ccccc12. The molecule has 1 N–H and O–H groups in total. The van der Waals surface area contributed by atoms with Gasteiger partial charge in [0.15, 0.2) is 0 Å². The molecular formula is C20H28N2O. The van der Waals surface area contributed by atoms with Crippen LogP contribution in [0.25, 0.3) is 0 Å². The standard InChI is InChI=1S/C20H28N2O/c1-3-4-7-12-22-13-10-20(11-14-22)15-19(21-16(2)23)17-8-5-6-9-18(17)20/h3,5-6,8-9,19H,1,4,7,10-15H2,2H3,(H,21,23)/t19-/m0/s1. The molecule has 1 spiro atoms. The first-order chi connectivity index (χ1) is 11.1. The number of carbonyl (C=O) groups excluding carboxylic acids is 1. The van der Waals surface area contributed by atoms with Gasteiger partial charge in [0.1, 0.15) is 0 Å². The van der Waals surface area contributed by atoms with Gasteiger partial charge >= 0.3 is 0 Å². The van der Waals surface area contributed by atoms with Gasteiger partial charge in [0.25, 0.3) is 0 Å². The van der Waals surface area contributed by atoms with Gasteiger partial charge < -0.3 is 10.2 Å². The Labute approximate surface area is 139 Å². The molecule has 1 amide bonds. The first-order valence-corrected chi connectivity index (χ1v) is 8.84. The minimum Gasteiger partial charge on any atom is -0.349 e. The van der Waals surface area contributed by atoms with E-state index in [0.717, 1.165) is 25.9 Å². The summed E-state index contributed by atoms with van der Waals surface area (Å²) in [6.07, 6.45) is 7.79. The van der Waals surface area contributed by atoms with Gasteiger partial charge in [0.2, 0.25) is 5.91 Å². The molecule has 2 aliphatic rings. The highest BCUT2D eigenvalue weighted by molar-refractivity contribution is 5.73. The van der Waals surface area contributed by atoms with Crippen LogP contribution in [0.4, 0.5) is 0 Å². The number of benzene rings is 1. The van der Waals surface area contributed by atoms with Crippen molar-refractivity contribution in [1.29, 1.82) is 0 Å². The number of carbonyl (C=O) groups is 1. The van der Waals surface area contributed by atoms with E-state index in [4.69, 9.17) is 0 Å². The number of nitrogens with zero attached hydrogens (tertiary/aromatic N) is 1. The molecular weight excluding hydrogens is 284 g/mol. The third-order valence-corrected chi connectivity index (χ3v) is 5.58. The largest absolute Gasteiger partial charge is 0.349 e. The van der Waals surface area contributed by atoms with Crippen LogP contribution in [-0.4, -0.2) is 30.4 Å². The molecule has 0 radical (unpaired) electrons. The minimum absolute atomic E-state index is 0.0729. The molecule has 1 saturated heterocycles. The Morgan fingerprint density at radius 2 is 2.13 bits per heavy atom. The van der Waals surface area contributed by atoms with E-state index in [2.05, 4.69) is 41.1 Å². The molecule has 0 bridgehead atoms. The average molecular weight is 312 g/mol.